The lowest BCUT2D eigenvalue weighted by Gasteiger charge is -2.39. The summed E-state index contributed by atoms with van der Waals surface area (Å²) in [6, 6.07) is 2.34. The van der Waals surface area contributed by atoms with E-state index < -0.39 is 5.79 Å². The van der Waals surface area contributed by atoms with E-state index in [-0.39, 0.29) is 0 Å². The largest absolute Gasteiger partial charge is 0.349 e. The second-order valence-electron chi connectivity index (χ2n) is 5.78. The van der Waals surface area contributed by atoms with Crippen molar-refractivity contribution in [2.24, 2.45) is 0 Å². The van der Waals surface area contributed by atoms with Gasteiger partial charge in [0.05, 0.1) is 25.5 Å². The monoisotopic (exact) mass is 302 g/mol. The molecule has 22 heavy (non-hydrogen) atoms. The van der Waals surface area contributed by atoms with Crippen molar-refractivity contribution >= 4 is 5.82 Å². The molecule has 6 nitrogen and oxygen atoms in total. The number of nitriles is 1. The molecule has 0 N–H and O–H groups in total. The fraction of sp³-hybridized carbons (Fsp3) is 0.688. The molecule has 3 heterocycles. The second-order valence-corrected chi connectivity index (χ2v) is 5.78. The molecule has 2 aliphatic heterocycles. The molecule has 0 radical (unpaired) electrons. The van der Waals surface area contributed by atoms with Crippen LogP contribution in [0.5, 0.6) is 0 Å². The molecule has 0 aliphatic carbocycles. The van der Waals surface area contributed by atoms with Crippen molar-refractivity contribution in [3.63, 3.8) is 0 Å². The van der Waals surface area contributed by atoms with Crippen LogP contribution in [0.1, 0.15) is 43.5 Å². The van der Waals surface area contributed by atoms with Crippen molar-refractivity contribution in [3.8, 4) is 6.07 Å². The van der Waals surface area contributed by atoms with Crippen LogP contribution in [0, 0.1) is 11.3 Å². The van der Waals surface area contributed by atoms with Gasteiger partial charge in [-0.25, -0.2) is 0 Å². The SMILES string of the molecule is CCc1nnc(N2CCCC3(C2)OCCO3)c(C#N)c1CC. The van der Waals surface area contributed by atoms with Gasteiger partial charge in [-0.3, -0.25) is 0 Å². The van der Waals surface area contributed by atoms with Gasteiger partial charge in [0.25, 0.3) is 0 Å². The number of aryl methyl sites for hydroxylation is 1. The zero-order chi connectivity index (χ0) is 15.6. The molecule has 1 spiro atoms. The van der Waals surface area contributed by atoms with Gasteiger partial charge < -0.3 is 14.4 Å². The number of rotatable bonds is 3. The topological polar surface area (TPSA) is 71.3 Å². The average Bonchev–Trinajstić information content (AvgIpc) is 3.00. The maximum absolute atomic E-state index is 9.63. The quantitative estimate of drug-likeness (QED) is 0.848. The number of nitrogens with zero attached hydrogens (tertiary/aromatic N) is 4. The van der Waals surface area contributed by atoms with Crippen LogP contribution in [0.4, 0.5) is 5.82 Å². The predicted molar refractivity (Wildman–Crippen MR) is 81.6 cm³/mol. The Hall–Kier alpha value is -1.71. The first kappa shape index (κ1) is 15.2. The summed E-state index contributed by atoms with van der Waals surface area (Å²) in [4.78, 5) is 2.10. The first-order valence-electron chi connectivity index (χ1n) is 8.04. The highest BCUT2D eigenvalue weighted by Crippen LogP contribution is 2.33. The molecule has 0 bridgehead atoms. The van der Waals surface area contributed by atoms with Crippen molar-refractivity contribution in [1.29, 1.82) is 5.26 Å². The van der Waals surface area contributed by atoms with Gasteiger partial charge in [0.15, 0.2) is 11.6 Å². The van der Waals surface area contributed by atoms with E-state index in [1.54, 1.807) is 0 Å². The van der Waals surface area contributed by atoms with Gasteiger partial charge in [0.1, 0.15) is 11.6 Å². The van der Waals surface area contributed by atoms with Crippen LogP contribution in [0.25, 0.3) is 0 Å². The number of piperidine rings is 1. The highest BCUT2D eigenvalue weighted by atomic mass is 16.7. The third kappa shape index (κ3) is 2.55. The molecule has 6 heteroatoms. The Kier molecular flexibility index (Phi) is 4.27. The molecule has 2 fully saturated rings. The van der Waals surface area contributed by atoms with Crippen molar-refractivity contribution < 1.29 is 9.47 Å². The minimum Gasteiger partial charge on any atom is -0.349 e. The molecule has 2 saturated heterocycles. The van der Waals surface area contributed by atoms with Crippen LogP contribution in [0.15, 0.2) is 0 Å². The van der Waals surface area contributed by atoms with E-state index in [0.29, 0.717) is 31.1 Å². The Balaban J connectivity index is 1.96. The summed E-state index contributed by atoms with van der Waals surface area (Å²) >= 11 is 0. The van der Waals surface area contributed by atoms with Crippen LogP contribution in [-0.2, 0) is 22.3 Å². The fourth-order valence-corrected chi connectivity index (χ4v) is 3.40. The maximum Gasteiger partial charge on any atom is 0.186 e. The van der Waals surface area contributed by atoms with Crippen LogP contribution >= 0.6 is 0 Å². The lowest BCUT2D eigenvalue weighted by molar-refractivity contribution is -0.161. The van der Waals surface area contributed by atoms with Crippen LogP contribution in [0.3, 0.4) is 0 Å². The van der Waals surface area contributed by atoms with E-state index in [4.69, 9.17) is 9.47 Å². The standard InChI is InChI=1S/C16H22N4O2/c1-3-12-13(10-17)15(19-18-14(12)4-2)20-7-5-6-16(11-20)21-8-9-22-16/h3-9,11H2,1-2H3. The number of aromatic nitrogens is 2. The Morgan fingerprint density at radius 3 is 2.64 bits per heavy atom. The van der Waals surface area contributed by atoms with Crippen LogP contribution < -0.4 is 4.90 Å². The third-order valence-electron chi connectivity index (χ3n) is 4.47. The van der Waals surface area contributed by atoms with E-state index in [2.05, 4.69) is 28.1 Å². The van der Waals surface area contributed by atoms with Crippen molar-refractivity contribution in [2.75, 3.05) is 31.2 Å². The Morgan fingerprint density at radius 1 is 1.23 bits per heavy atom. The van der Waals surface area contributed by atoms with Gasteiger partial charge in [-0.2, -0.15) is 10.4 Å². The van der Waals surface area contributed by atoms with E-state index >= 15 is 0 Å². The molecule has 118 valence electrons. The smallest absolute Gasteiger partial charge is 0.186 e. The van der Waals surface area contributed by atoms with Gasteiger partial charge in [0.2, 0.25) is 0 Å². The summed E-state index contributed by atoms with van der Waals surface area (Å²) in [5.74, 6) is 0.150. The summed E-state index contributed by atoms with van der Waals surface area (Å²) in [6.07, 6.45) is 3.44. The third-order valence-corrected chi connectivity index (χ3v) is 4.47. The molecule has 0 aromatic carbocycles. The van der Waals surface area contributed by atoms with E-state index in [1.165, 1.54) is 0 Å². The molecule has 0 amide bonds. The fourth-order valence-electron chi connectivity index (χ4n) is 3.40. The lowest BCUT2D eigenvalue weighted by Crippen LogP contribution is -2.49. The first-order valence-corrected chi connectivity index (χ1v) is 8.04. The molecule has 0 saturated carbocycles. The number of anilines is 1. The Bertz CT molecular complexity index is 591. The Labute approximate surface area is 131 Å². The summed E-state index contributed by atoms with van der Waals surface area (Å²) in [6.45, 7) is 6.85. The van der Waals surface area contributed by atoms with Gasteiger partial charge in [-0.05, 0) is 24.8 Å². The minimum atomic E-state index is -0.525. The summed E-state index contributed by atoms with van der Waals surface area (Å²) < 4.78 is 11.6. The molecular formula is C16H22N4O2. The predicted octanol–water partition coefficient (Wildman–Crippen LogP) is 1.82. The van der Waals surface area contributed by atoms with Crippen LogP contribution in [-0.4, -0.2) is 42.3 Å². The van der Waals surface area contributed by atoms with E-state index in [1.807, 2.05) is 6.92 Å². The zero-order valence-corrected chi connectivity index (χ0v) is 13.3. The average molecular weight is 302 g/mol. The highest BCUT2D eigenvalue weighted by Gasteiger charge is 2.41. The molecule has 0 atom stereocenters. The Morgan fingerprint density at radius 2 is 2.00 bits per heavy atom. The summed E-state index contributed by atoms with van der Waals surface area (Å²) in [5.41, 5.74) is 2.59. The van der Waals surface area contributed by atoms with E-state index in [9.17, 15) is 5.26 Å². The summed E-state index contributed by atoms with van der Waals surface area (Å²) in [7, 11) is 0. The number of hydrogen-bond donors (Lipinski definition) is 0. The van der Waals surface area contributed by atoms with Crippen molar-refractivity contribution in [3.05, 3.63) is 16.8 Å². The van der Waals surface area contributed by atoms with Gasteiger partial charge in [0, 0.05) is 13.0 Å². The van der Waals surface area contributed by atoms with Crippen LogP contribution in [0.2, 0.25) is 0 Å². The van der Waals surface area contributed by atoms with E-state index in [0.717, 1.165) is 43.5 Å². The van der Waals surface area contributed by atoms with Gasteiger partial charge in [-0.1, -0.05) is 13.8 Å². The molecule has 0 unspecified atom stereocenters. The molecule has 1 aromatic heterocycles. The minimum absolute atomic E-state index is 0.525. The molecule has 2 aliphatic rings. The summed E-state index contributed by atoms with van der Waals surface area (Å²) in [5, 5.41) is 18.3. The number of hydrogen-bond acceptors (Lipinski definition) is 6. The zero-order valence-electron chi connectivity index (χ0n) is 13.3. The van der Waals surface area contributed by atoms with Crippen molar-refractivity contribution in [1.82, 2.24) is 10.2 Å². The lowest BCUT2D eigenvalue weighted by atomic mass is 10.0. The first-order chi connectivity index (χ1) is 10.7. The van der Waals surface area contributed by atoms with Gasteiger partial charge >= 0.3 is 0 Å². The van der Waals surface area contributed by atoms with Gasteiger partial charge in [-0.15, -0.1) is 5.10 Å². The molecular weight excluding hydrogens is 280 g/mol. The normalized spacial score (nSPS) is 20.3. The second kappa shape index (κ2) is 6.19. The maximum atomic E-state index is 9.63. The highest BCUT2D eigenvalue weighted by molar-refractivity contribution is 5.58. The molecule has 1 aromatic rings. The molecule has 3 rings (SSSR count). The van der Waals surface area contributed by atoms with Crippen molar-refractivity contribution in [2.45, 2.75) is 45.3 Å². The number of ether oxygens (including phenoxy) is 2.